The fourth-order valence-electron chi connectivity index (χ4n) is 2.71. The van der Waals surface area contributed by atoms with Crippen molar-refractivity contribution in [2.75, 3.05) is 13.6 Å². The molecule has 0 saturated heterocycles. The Morgan fingerprint density at radius 1 is 1.06 bits per heavy atom. The van der Waals surface area contributed by atoms with Gasteiger partial charge >= 0.3 is 0 Å². The van der Waals surface area contributed by atoms with Crippen LogP contribution < -0.4 is 5.32 Å². The Balaban J connectivity index is 2.53. The first-order chi connectivity index (χ1) is 8.03. The van der Waals surface area contributed by atoms with Crippen molar-refractivity contribution in [3.05, 3.63) is 0 Å². The summed E-state index contributed by atoms with van der Waals surface area (Å²) in [6.45, 7) is 7.75. The summed E-state index contributed by atoms with van der Waals surface area (Å²) in [4.78, 5) is 0. The van der Waals surface area contributed by atoms with Crippen LogP contribution in [0.5, 0.6) is 0 Å². The summed E-state index contributed by atoms with van der Waals surface area (Å²) >= 11 is 0. The van der Waals surface area contributed by atoms with Crippen LogP contribution in [0.15, 0.2) is 0 Å². The monoisotopic (exact) mass is 235 g/mol. The molecule has 1 aliphatic carbocycles. The van der Waals surface area contributed by atoms with Gasteiger partial charge in [0.15, 0.2) is 0 Å². The van der Waals surface area contributed by atoms with Gasteiger partial charge in [0.1, 0.15) is 0 Å². The zero-order valence-electron chi connectivity index (χ0n) is 12.1. The second-order valence-electron chi connectivity index (χ2n) is 6.47. The second-order valence-corrected chi connectivity index (χ2v) is 6.47. The molecule has 0 spiro atoms. The first-order valence-electron chi connectivity index (χ1n) is 7.17. The molecule has 1 nitrogen and oxygen atoms in total. The molecule has 0 aromatic rings. The second kappa shape index (κ2) is 7.07. The summed E-state index contributed by atoms with van der Waals surface area (Å²) in [5.74, 6) is 8.48. The lowest BCUT2D eigenvalue weighted by Crippen LogP contribution is -2.25. The smallest absolute Gasteiger partial charge is 0.0230 e. The molecule has 1 rings (SSSR count). The van der Waals surface area contributed by atoms with E-state index in [1.807, 2.05) is 0 Å². The van der Waals surface area contributed by atoms with Gasteiger partial charge in [-0.2, -0.15) is 0 Å². The average Bonchev–Trinajstić information content (AvgIpc) is 2.43. The molecule has 17 heavy (non-hydrogen) atoms. The number of hydrogen-bond acceptors (Lipinski definition) is 1. The van der Waals surface area contributed by atoms with E-state index >= 15 is 0 Å². The predicted octanol–water partition coefficient (Wildman–Crippen LogP) is 3.84. The number of rotatable bonds is 3. The number of nitrogens with one attached hydrogen (secondary N) is 1. The maximum atomic E-state index is 3.43. The standard InChI is InChI=1S/C16H29N/c1-16(2,3)12-8-11-14-9-6-5-7-10-15(14)13-17-4/h14-15,17H,5-7,9-11,13H2,1-4H3. The van der Waals surface area contributed by atoms with Gasteiger partial charge in [0, 0.05) is 11.8 Å². The highest BCUT2D eigenvalue weighted by Gasteiger charge is 2.22. The summed E-state index contributed by atoms with van der Waals surface area (Å²) in [6.07, 6.45) is 8.11. The van der Waals surface area contributed by atoms with E-state index in [1.54, 1.807) is 0 Å². The Kier molecular flexibility index (Phi) is 6.06. The minimum Gasteiger partial charge on any atom is -0.319 e. The quantitative estimate of drug-likeness (QED) is 0.579. The molecule has 98 valence electrons. The van der Waals surface area contributed by atoms with Gasteiger partial charge in [0.2, 0.25) is 0 Å². The van der Waals surface area contributed by atoms with Crippen molar-refractivity contribution in [1.29, 1.82) is 0 Å². The van der Waals surface area contributed by atoms with Gasteiger partial charge in [-0.05, 0) is 59.0 Å². The molecule has 0 heterocycles. The highest BCUT2D eigenvalue weighted by molar-refractivity contribution is 5.08. The summed E-state index contributed by atoms with van der Waals surface area (Å²) in [6, 6.07) is 0. The molecule has 1 heteroatoms. The third-order valence-corrected chi connectivity index (χ3v) is 3.61. The molecule has 0 aromatic heterocycles. The number of hydrogen-bond donors (Lipinski definition) is 1. The molecule has 1 N–H and O–H groups in total. The Bertz CT molecular complexity index is 263. The van der Waals surface area contributed by atoms with Crippen LogP contribution in [0.2, 0.25) is 0 Å². The highest BCUT2D eigenvalue weighted by Crippen LogP contribution is 2.30. The Labute approximate surface area is 108 Å². The van der Waals surface area contributed by atoms with Gasteiger partial charge in [-0.15, -0.1) is 5.92 Å². The first kappa shape index (κ1) is 14.6. The highest BCUT2D eigenvalue weighted by atomic mass is 14.8. The zero-order chi connectivity index (χ0) is 12.7. The molecule has 1 fully saturated rings. The minimum absolute atomic E-state index is 0.156. The molecule has 2 unspecified atom stereocenters. The summed E-state index contributed by atoms with van der Waals surface area (Å²) in [5, 5.41) is 3.35. The Hall–Kier alpha value is -0.480. The predicted molar refractivity (Wildman–Crippen MR) is 75.8 cm³/mol. The lowest BCUT2D eigenvalue weighted by atomic mass is 9.85. The molecule has 2 atom stereocenters. The van der Waals surface area contributed by atoms with E-state index in [4.69, 9.17) is 0 Å². The van der Waals surface area contributed by atoms with Gasteiger partial charge in [0.05, 0.1) is 0 Å². The van der Waals surface area contributed by atoms with Crippen molar-refractivity contribution in [2.45, 2.75) is 59.3 Å². The van der Waals surface area contributed by atoms with E-state index in [0.29, 0.717) is 0 Å². The Morgan fingerprint density at radius 3 is 2.29 bits per heavy atom. The third kappa shape index (κ3) is 6.13. The molecule has 0 aromatic carbocycles. The van der Waals surface area contributed by atoms with Gasteiger partial charge in [-0.25, -0.2) is 0 Å². The van der Waals surface area contributed by atoms with Crippen molar-refractivity contribution in [1.82, 2.24) is 5.32 Å². The van der Waals surface area contributed by atoms with E-state index < -0.39 is 0 Å². The molecule has 0 bridgehead atoms. The maximum Gasteiger partial charge on any atom is 0.0230 e. The topological polar surface area (TPSA) is 12.0 Å². The summed E-state index contributed by atoms with van der Waals surface area (Å²) in [7, 11) is 2.07. The Morgan fingerprint density at radius 2 is 1.71 bits per heavy atom. The van der Waals surface area contributed by atoms with E-state index in [9.17, 15) is 0 Å². The normalized spacial score (nSPS) is 25.9. The SMILES string of the molecule is CNCC1CCCCCC1CC#CC(C)(C)C. The molecule has 1 saturated carbocycles. The molecule has 0 amide bonds. The van der Waals surface area contributed by atoms with Crippen molar-refractivity contribution in [2.24, 2.45) is 17.3 Å². The molecule has 1 aliphatic rings. The van der Waals surface area contributed by atoms with Gasteiger partial charge in [0.25, 0.3) is 0 Å². The van der Waals surface area contributed by atoms with Crippen molar-refractivity contribution < 1.29 is 0 Å². The van der Waals surface area contributed by atoms with Gasteiger partial charge in [-0.3, -0.25) is 0 Å². The van der Waals surface area contributed by atoms with Crippen molar-refractivity contribution >= 4 is 0 Å². The van der Waals surface area contributed by atoms with Crippen LogP contribution in [0.3, 0.4) is 0 Å². The average molecular weight is 235 g/mol. The van der Waals surface area contributed by atoms with Crippen LogP contribution in [-0.4, -0.2) is 13.6 Å². The lowest BCUT2D eigenvalue weighted by molar-refractivity contribution is 0.311. The van der Waals surface area contributed by atoms with Crippen LogP contribution in [0, 0.1) is 29.1 Å². The molecular formula is C16H29N. The van der Waals surface area contributed by atoms with Crippen molar-refractivity contribution in [3.8, 4) is 11.8 Å². The minimum atomic E-state index is 0.156. The van der Waals surface area contributed by atoms with Gasteiger partial charge < -0.3 is 5.32 Å². The fourth-order valence-corrected chi connectivity index (χ4v) is 2.71. The van der Waals surface area contributed by atoms with Crippen LogP contribution >= 0.6 is 0 Å². The summed E-state index contributed by atoms with van der Waals surface area (Å²) < 4.78 is 0. The van der Waals surface area contributed by atoms with E-state index in [-0.39, 0.29) is 5.41 Å². The van der Waals surface area contributed by atoms with Crippen LogP contribution in [0.25, 0.3) is 0 Å². The van der Waals surface area contributed by atoms with Crippen LogP contribution in [0.1, 0.15) is 59.3 Å². The third-order valence-electron chi connectivity index (χ3n) is 3.61. The van der Waals surface area contributed by atoms with Crippen molar-refractivity contribution in [3.63, 3.8) is 0 Å². The van der Waals surface area contributed by atoms with Gasteiger partial charge in [-0.1, -0.05) is 25.2 Å². The van der Waals surface area contributed by atoms with E-state index in [2.05, 4.69) is 45.0 Å². The first-order valence-corrected chi connectivity index (χ1v) is 7.17. The zero-order valence-corrected chi connectivity index (χ0v) is 12.1. The summed E-state index contributed by atoms with van der Waals surface area (Å²) in [5.41, 5.74) is 0.156. The maximum absolute atomic E-state index is 3.43. The molecule has 0 radical (unpaired) electrons. The van der Waals surface area contributed by atoms with Crippen LogP contribution in [0.4, 0.5) is 0 Å². The van der Waals surface area contributed by atoms with E-state index in [1.165, 1.54) is 38.6 Å². The largest absolute Gasteiger partial charge is 0.319 e. The van der Waals surface area contributed by atoms with Crippen LogP contribution in [-0.2, 0) is 0 Å². The fraction of sp³-hybridized carbons (Fsp3) is 0.875. The molecular weight excluding hydrogens is 206 g/mol. The van der Waals surface area contributed by atoms with E-state index in [0.717, 1.165) is 18.3 Å². The lowest BCUT2D eigenvalue weighted by Gasteiger charge is -2.23. The molecule has 0 aliphatic heterocycles.